The Balaban J connectivity index is 1.77. The minimum atomic E-state index is -3.62. The molecule has 0 radical (unpaired) electrons. The van der Waals surface area contributed by atoms with Crippen LogP contribution in [0.3, 0.4) is 0 Å². The van der Waals surface area contributed by atoms with Gasteiger partial charge in [0, 0.05) is 36.1 Å². The summed E-state index contributed by atoms with van der Waals surface area (Å²) in [5.74, 6) is -1.54. The highest BCUT2D eigenvalue weighted by Gasteiger charge is 2.23. The third kappa shape index (κ3) is 6.67. The molecule has 0 fully saturated rings. The first-order valence-corrected chi connectivity index (χ1v) is 11.6. The predicted molar refractivity (Wildman–Crippen MR) is 122 cm³/mol. The molecule has 1 heterocycles. The molecule has 33 heavy (non-hydrogen) atoms. The lowest BCUT2D eigenvalue weighted by Gasteiger charge is -2.18. The standard InChI is InChI=1S/C23H23FN4O4S/c1-2-26-33(31,32)20-12-10-18(11-13-20)27-23(30)21(15-19-5-3-4-14-25-19)28-22(29)16-6-8-17(24)9-7-16/h3-14,21,26H,2,15H2,1H3,(H,27,30)(H,28,29). The number of benzene rings is 2. The number of sulfonamides is 1. The maximum Gasteiger partial charge on any atom is 0.251 e. The number of carbonyl (C=O) groups excluding carboxylic acids is 2. The summed E-state index contributed by atoms with van der Waals surface area (Å²) in [6.07, 6.45) is 1.70. The molecule has 0 bridgehead atoms. The fraction of sp³-hybridized carbons (Fsp3) is 0.174. The molecule has 1 aromatic heterocycles. The molecule has 1 unspecified atom stereocenters. The van der Waals surface area contributed by atoms with Crippen molar-refractivity contribution in [1.29, 1.82) is 0 Å². The maximum atomic E-state index is 13.2. The monoisotopic (exact) mass is 470 g/mol. The van der Waals surface area contributed by atoms with E-state index in [1.54, 1.807) is 31.3 Å². The molecule has 0 aliphatic rings. The Bertz CT molecular complexity index is 1200. The van der Waals surface area contributed by atoms with Crippen LogP contribution in [0.15, 0.2) is 77.8 Å². The Hall–Kier alpha value is -3.63. The van der Waals surface area contributed by atoms with Crippen molar-refractivity contribution >= 4 is 27.5 Å². The van der Waals surface area contributed by atoms with Gasteiger partial charge in [0.2, 0.25) is 15.9 Å². The summed E-state index contributed by atoms with van der Waals surface area (Å²) in [6, 6.07) is 14.9. The average Bonchev–Trinajstić information content (AvgIpc) is 2.80. The van der Waals surface area contributed by atoms with Crippen molar-refractivity contribution in [2.24, 2.45) is 0 Å². The topological polar surface area (TPSA) is 117 Å². The molecule has 0 aliphatic carbocycles. The Kier molecular flexibility index (Phi) is 7.86. The first kappa shape index (κ1) is 24.0. The normalized spacial score (nSPS) is 12.1. The molecule has 1 atom stereocenters. The van der Waals surface area contributed by atoms with E-state index in [-0.39, 0.29) is 23.4 Å². The number of anilines is 1. The van der Waals surface area contributed by atoms with Crippen molar-refractivity contribution in [3.8, 4) is 0 Å². The molecule has 2 amide bonds. The number of hydrogen-bond donors (Lipinski definition) is 3. The van der Waals surface area contributed by atoms with Gasteiger partial charge in [-0.1, -0.05) is 13.0 Å². The summed E-state index contributed by atoms with van der Waals surface area (Å²) >= 11 is 0. The first-order valence-electron chi connectivity index (χ1n) is 10.2. The summed E-state index contributed by atoms with van der Waals surface area (Å²) in [5.41, 5.74) is 1.15. The molecule has 172 valence electrons. The Morgan fingerprint density at radius 1 is 1.00 bits per heavy atom. The van der Waals surface area contributed by atoms with E-state index in [1.807, 2.05) is 0 Å². The number of amides is 2. The van der Waals surface area contributed by atoms with Gasteiger partial charge in [0.15, 0.2) is 0 Å². The molecule has 0 saturated carbocycles. The zero-order chi connectivity index (χ0) is 23.8. The molecule has 0 saturated heterocycles. The van der Waals surface area contributed by atoms with Crippen LogP contribution < -0.4 is 15.4 Å². The van der Waals surface area contributed by atoms with Gasteiger partial charge >= 0.3 is 0 Å². The number of nitrogens with zero attached hydrogens (tertiary/aromatic N) is 1. The fourth-order valence-electron chi connectivity index (χ4n) is 3.00. The second kappa shape index (κ2) is 10.8. The van der Waals surface area contributed by atoms with Crippen molar-refractivity contribution in [1.82, 2.24) is 15.0 Å². The van der Waals surface area contributed by atoms with Gasteiger partial charge in [0.25, 0.3) is 5.91 Å². The van der Waals surface area contributed by atoms with Crippen LogP contribution in [0.2, 0.25) is 0 Å². The van der Waals surface area contributed by atoms with Crippen molar-refractivity contribution < 1.29 is 22.4 Å². The number of nitrogens with one attached hydrogen (secondary N) is 3. The van der Waals surface area contributed by atoms with Crippen LogP contribution in [0.4, 0.5) is 10.1 Å². The molecular weight excluding hydrogens is 447 g/mol. The third-order valence-electron chi connectivity index (χ3n) is 4.63. The number of rotatable bonds is 9. The third-order valence-corrected chi connectivity index (χ3v) is 6.20. The molecule has 10 heteroatoms. The van der Waals surface area contributed by atoms with Crippen molar-refractivity contribution in [3.63, 3.8) is 0 Å². The predicted octanol–water partition coefficient (Wildman–Crippen LogP) is 2.50. The summed E-state index contributed by atoms with van der Waals surface area (Å²) in [4.78, 5) is 29.9. The zero-order valence-corrected chi connectivity index (χ0v) is 18.6. The molecule has 8 nitrogen and oxygen atoms in total. The molecule has 2 aromatic carbocycles. The van der Waals surface area contributed by atoms with Gasteiger partial charge in [-0.25, -0.2) is 17.5 Å². The summed E-state index contributed by atoms with van der Waals surface area (Å²) in [7, 11) is -3.62. The first-order chi connectivity index (χ1) is 15.8. The van der Waals surface area contributed by atoms with Crippen LogP contribution in [-0.4, -0.2) is 37.8 Å². The van der Waals surface area contributed by atoms with Gasteiger partial charge < -0.3 is 10.6 Å². The van der Waals surface area contributed by atoms with E-state index >= 15 is 0 Å². The minimum Gasteiger partial charge on any atom is -0.340 e. The van der Waals surface area contributed by atoms with Crippen molar-refractivity contribution in [2.45, 2.75) is 24.3 Å². The van der Waals surface area contributed by atoms with Gasteiger partial charge in [0.05, 0.1) is 4.90 Å². The number of carbonyl (C=O) groups is 2. The highest BCUT2D eigenvalue weighted by Crippen LogP contribution is 2.15. The summed E-state index contributed by atoms with van der Waals surface area (Å²) in [6.45, 7) is 1.93. The average molecular weight is 471 g/mol. The van der Waals surface area contributed by atoms with Crippen LogP contribution in [0.1, 0.15) is 23.0 Å². The van der Waals surface area contributed by atoms with Crippen molar-refractivity contribution in [2.75, 3.05) is 11.9 Å². The fourth-order valence-corrected chi connectivity index (χ4v) is 4.04. The quantitative estimate of drug-likeness (QED) is 0.444. The van der Waals surface area contributed by atoms with Gasteiger partial charge in [-0.2, -0.15) is 0 Å². The van der Waals surface area contributed by atoms with Gasteiger partial charge in [-0.05, 0) is 60.7 Å². The lowest BCUT2D eigenvalue weighted by atomic mass is 10.1. The minimum absolute atomic E-state index is 0.0667. The van der Waals surface area contributed by atoms with Crippen LogP contribution in [-0.2, 0) is 21.2 Å². The summed E-state index contributed by atoms with van der Waals surface area (Å²) < 4.78 is 39.7. The zero-order valence-electron chi connectivity index (χ0n) is 17.8. The number of aromatic nitrogens is 1. The van der Waals surface area contributed by atoms with Crippen LogP contribution >= 0.6 is 0 Å². The molecular formula is C23H23FN4O4S. The second-order valence-electron chi connectivity index (χ2n) is 7.07. The number of pyridine rings is 1. The lowest BCUT2D eigenvalue weighted by Crippen LogP contribution is -2.45. The number of halogens is 1. The SMILES string of the molecule is CCNS(=O)(=O)c1ccc(NC(=O)C(Cc2ccccn2)NC(=O)c2ccc(F)cc2)cc1. The second-order valence-corrected chi connectivity index (χ2v) is 8.84. The van der Waals surface area contributed by atoms with Crippen LogP contribution in [0.5, 0.6) is 0 Å². The largest absolute Gasteiger partial charge is 0.340 e. The van der Waals surface area contributed by atoms with Gasteiger partial charge in [0.1, 0.15) is 11.9 Å². The Morgan fingerprint density at radius 3 is 2.30 bits per heavy atom. The van der Waals surface area contributed by atoms with E-state index < -0.39 is 33.7 Å². The highest BCUT2D eigenvalue weighted by atomic mass is 32.2. The molecule has 3 N–H and O–H groups in total. The van der Waals surface area contributed by atoms with Gasteiger partial charge in [-0.3, -0.25) is 14.6 Å². The molecule has 0 spiro atoms. The smallest absolute Gasteiger partial charge is 0.251 e. The summed E-state index contributed by atoms with van der Waals surface area (Å²) in [5, 5.41) is 5.34. The van der Waals surface area contributed by atoms with E-state index in [0.717, 1.165) is 12.1 Å². The maximum absolute atomic E-state index is 13.2. The van der Waals surface area contributed by atoms with Crippen LogP contribution in [0, 0.1) is 5.82 Å². The lowest BCUT2D eigenvalue weighted by molar-refractivity contribution is -0.118. The Labute approximate surface area is 191 Å². The Morgan fingerprint density at radius 2 is 1.70 bits per heavy atom. The molecule has 0 aliphatic heterocycles. The van der Waals surface area contributed by atoms with E-state index in [2.05, 4.69) is 20.3 Å². The van der Waals surface area contributed by atoms with Crippen molar-refractivity contribution in [3.05, 3.63) is 90.0 Å². The van der Waals surface area contributed by atoms with E-state index in [0.29, 0.717) is 11.4 Å². The molecule has 3 aromatic rings. The molecule has 3 rings (SSSR count). The van der Waals surface area contributed by atoms with Crippen LogP contribution in [0.25, 0.3) is 0 Å². The number of hydrogen-bond acceptors (Lipinski definition) is 5. The van der Waals surface area contributed by atoms with E-state index in [9.17, 15) is 22.4 Å². The van der Waals surface area contributed by atoms with Gasteiger partial charge in [-0.15, -0.1) is 0 Å². The van der Waals surface area contributed by atoms with E-state index in [1.165, 1.54) is 36.4 Å². The highest BCUT2D eigenvalue weighted by molar-refractivity contribution is 7.89. The van der Waals surface area contributed by atoms with E-state index in [4.69, 9.17) is 0 Å².